The van der Waals surface area contributed by atoms with Crippen molar-refractivity contribution in [2.24, 2.45) is 5.92 Å². The van der Waals surface area contributed by atoms with E-state index in [4.69, 9.17) is 9.26 Å². The van der Waals surface area contributed by atoms with E-state index in [-0.39, 0.29) is 46.9 Å². The minimum absolute atomic E-state index is 0.107. The van der Waals surface area contributed by atoms with Gasteiger partial charge in [-0.2, -0.15) is 0 Å². The molecule has 0 spiro atoms. The van der Waals surface area contributed by atoms with Gasteiger partial charge in [-0.3, -0.25) is 18.7 Å². The maximum atomic E-state index is 13.9. The average Bonchev–Trinajstić information content (AvgIpc) is 3.63. The summed E-state index contributed by atoms with van der Waals surface area (Å²) >= 11 is 0. The van der Waals surface area contributed by atoms with E-state index in [1.807, 2.05) is 13.8 Å². The number of aromatic amines is 1. The van der Waals surface area contributed by atoms with Crippen molar-refractivity contribution >= 4 is 17.1 Å². The molecule has 2 unspecified atom stereocenters. The molecular weight excluding hydrogens is 483 g/mol. The highest BCUT2D eigenvalue weighted by atomic mass is 19.1. The Morgan fingerprint density at radius 3 is 2.65 bits per heavy atom. The Morgan fingerprint density at radius 2 is 1.95 bits per heavy atom. The molecule has 194 valence electrons. The van der Waals surface area contributed by atoms with Crippen molar-refractivity contribution in [1.29, 1.82) is 0 Å². The molecule has 1 fully saturated rings. The van der Waals surface area contributed by atoms with Crippen LogP contribution in [-0.2, 0) is 17.9 Å². The van der Waals surface area contributed by atoms with Crippen LogP contribution in [0.15, 0.2) is 44.4 Å². The number of amides is 1. The van der Waals surface area contributed by atoms with Crippen LogP contribution in [0.3, 0.4) is 0 Å². The molecule has 37 heavy (non-hydrogen) atoms. The number of carbonyl (C=O) groups is 1. The number of hydrogen-bond donors (Lipinski definition) is 2. The van der Waals surface area contributed by atoms with Gasteiger partial charge in [0.25, 0.3) is 11.4 Å². The number of ether oxygens (including phenoxy) is 1. The molecule has 0 bridgehead atoms. The first-order valence-corrected chi connectivity index (χ1v) is 12.3. The van der Waals surface area contributed by atoms with E-state index < -0.39 is 23.2 Å². The van der Waals surface area contributed by atoms with Crippen LogP contribution in [0.2, 0.25) is 0 Å². The lowest BCUT2D eigenvalue weighted by Crippen LogP contribution is -2.40. The van der Waals surface area contributed by atoms with Crippen molar-refractivity contribution in [3.05, 3.63) is 62.6 Å². The molecule has 3 aromatic heterocycles. The number of benzene rings is 1. The van der Waals surface area contributed by atoms with Gasteiger partial charge in [0.2, 0.25) is 11.7 Å². The molecule has 11 nitrogen and oxygen atoms in total. The van der Waals surface area contributed by atoms with Crippen LogP contribution in [0, 0.1) is 11.7 Å². The summed E-state index contributed by atoms with van der Waals surface area (Å²) in [6, 6.07) is 7.50. The van der Waals surface area contributed by atoms with E-state index >= 15 is 0 Å². The van der Waals surface area contributed by atoms with Crippen LogP contribution >= 0.6 is 0 Å². The summed E-state index contributed by atoms with van der Waals surface area (Å²) in [5, 5.41) is 6.75. The molecule has 1 aliphatic heterocycles. The Balaban J connectivity index is 1.50. The standard InChI is InChI=1S/C25H27FN6O5/c1-3-8-31-23-20(24(34)32(9-4-2)25(31)35)28-22(29-23)17-12-19(30-37-17)36-21(15-11-18(33)27-13-15)14-6-5-7-16(26)10-14/h5-7,10,12,15,21H,3-4,8-9,11,13H2,1-2H3,(H,27,33)(H,28,29). The number of rotatable bonds is 9. The fraction of sp³-hybridized carbons (Fsp3) is 0.400. The predicted molar refractivity (Wildman–Crippen MR) is 132 cm³/mol. The molecule has 5 rings (SSSR count). The number of H-pyrrole nitrogens is 1. The number of fused-ring (bicyclic) bond motifs is 1. The first-order valence-electron chi connectivity index (χ1n) is 12.3. The number of halogens is 1. The van der Waals surface area contributed by atoms with Crippen molar-refractivity contribution in [2.45, 2.75) is 52.3 Å². The van der Waals surface area contributed by atoms with E-state index in [0.717, 1.165) is 0 Å². The highest BCUT2D eigenvalue weighted by Gasteiger charge is 2.33. The van der Waals surface area contributed by atoms with Crippen LogP contribution in [0.5, 0.6) is 5.88 Å². The number of nitrogens with zero attached hydrogens (tertiary/aromatic N) is 4. The SMILES string of the molecule is CCCn1c(=O)c2[nH]c(-c3cc(OC(c4cccc(F)c4)C4CNC(=O)C4)no3)nc2n(CCC)c1=O. The highest BCUT2D eigenvalue weighted by Crippen LogP contribution is 2.33. The summed E-state index contributed by atoms with van der Waals surface area (Å²) in [5.74, 6) is -0.238. The zero-order valence-electron chi connectivity index (χ0n) is 20.5. The number of nitrogens with one attached hydrogen (secondary N) is 2. The van der Waals surface area contributed by atoms with Gasteiger partial charge in [0.15, 0.2) is 17.0 Å². The van der Waals surface area contributed by atoms with Gasteiger partial charge in [0.05, 0.1) is 6.07 Å². The third-order valence-corrected chi connectivity index (χ3v) is 6.34. The van der Waals surface area contributed by atoms with Gasteiger partial charge < -0.3 is 19.6 Å². The summed E-state index contributed by atoms with van der Waals surface area (Å²) in [4.78, 5) is 45.2. The maximum Gasteiger partial charge on any atom is 0.332 e. The van der Waals surface area contributed by atoms with E-state index in [1.165, 1.54) is 27.3 Å². The van der Waals surface area contributed by atoms with Crippen molar-refractivity contribution < 1.29 is 18.4 Å². The molecule has 2 atom stereocenters. The van der Waals surface area contributed by atoms with Gasteiger partial charge in [-0.05, 0) is 35.7 Å². The van der Waals surface area contributed by atoms with Crippen molar-refractivity contribution in [3.8, 4) is 17.5 Å². The van der Waals surface area contributed by atoms with Crippen LogP contribution in [-0.4, -0.2) is 36.7 Å². The average molecular weight is 511 g/mol. The topological polar surface area (TPSA) is 137 Å². The molecule has 0 aliphatic carbocycles. The molecule has 1 aliphatic rings. The molecule has 1 saturated heterocycles. The van der Waals surface area contributed by atoms with Crippen LogP contribution in [0.25, 0.3) is 22.7 Å². The number of imidazole rings is 1. The molecule has 1 amide bonds. The Hall–Kier alpha value is -4.22. The van der Waals surface area contributed by atoms with E-state index in [1.54, 1.807) is 12.1 Å². The molecule has 4 aromatic rings. The maximum absolute atomic E-state index is 13.9. The highest BCUT2D eigenvalue weighted by molar-refractivity contribution is 5.78. The third-order valence-electron chi connectivity index (χ3n) is 6.34. The van der Waals surface area contributed by atoms with Crippen LogP contribution < -0.4 is 21.3 Å². The summed E-state index contributed by atoms with van der Waals surface area (Å²) in [7, 11) is 0. The van der Waals surface area contributed by atoms with Crippen LogP contribution in [0.1, 0.15) is 44.8 Å². The zero-order valence-corrected chi connectivity index (χ0v) is 20.5. The lowest BCUT2D eigenvalue weighted by molar-refractivity contribution is -0.119. The zero-order chi connectivity index (χ0) is 26.1. The van der Waals surface area contributed by atoms with Gasteiger partial charge in [0, 0.05) is 32.0 Å². The Morgan fingerprint density at radius 1 is 1.16 bits per heavy atom. The van der Waals surface area contributed by atoms with Gasteiger partial charge in [-0.1, -0.05) is 26.0 Å². The van der Waals surface area contributed by atoms with Crippen LogP contribution in [0.4, 0.5) is 4.39 Å². The minimum Gasteiger partial charge on any atom is -0.467 e. The first-order chi connectivity index (χ1) is 17.9. The number of hydrogen-bond acceptors (Lipinski definition) is 7. The largest absolute Gasteiger partial charge is 0.467 e. The van der Waals surface area contributed by atoms with Crippen molar-refractivity contribution in [1.82, 2.24) is 29.6 Å². The Bertz CT molecular complexity index is 1570. The smallest absolute Gasteiger partial charge is 0.332 e. The third kappa shape index (κ3) is 4.66. The number of aromatic nitrogens is 5. The molecule has 1 aromatic carbocycles. The second kappa shape index (κ2) is 10.0. The molecule has 0 saturated carbocycles. The van der Waals surface area contributed by atoms with Crippen molar-refractivity contribution in [3.63, 3.8) is 0 Å². The minimum atomic E-state index is -0.653. The van der Waals surface area contributed by atoms with Gasteiger partial charge in [-0.25, -0.2) is 14.2 Å². The van der Waals surface area contributed by atoms with Crippen molar-refractivity contribution in [2.75, 3.05) is 6.54 Å². The monoisotopic (exact) mass is 510 g/mol. The van der Waals surface area contributed by atoms with Gasteiger partial charge in [-0.15, -0.1) is 0 Å². The van der Waals surface area contributed by atoms with Gasteiger partial charge >= 0.3 is 5.69 Å². The van der Waals surface area contributed by atoms with E-state index in [2.05, 4.69) is 20.4 Å². The Labute approximate surface area is 210 Å². The normalized spacial score (nSPS) is 16.3. The summed E-state index contributed by atoms with van der Waals surface area (Å²) in [6.45, 7) is 4.91. The fourth-order valence-electron chi connectivity index (χ4n) is 4.65. The second-order valence-electron chi connectivity index (χ2n) is 9.07. The second-order valence-corrected chi connectivity index (χ2v) is 9.07. The number of carbonyl (C=O) groups excluding carboxylic acids is 1. The first kappa shape index (κ1) is 24.5. The molecule has 4 heterocycles. The predicted octanol–water partition coefficient (Wildman–Crippen LogP) is 2.76. The summed E-state index contributed by atoms with van der Waals surface area (Å²) in [5.41, 5.74) is 0.150. The summed E-state index contributed by atoms with van der Waals surface area (Å²) < 4.78 is 28.2. The lowest BCUT2D eigenvalue weighted by Gasteiger charge is -2.22. The Kier molecular flexibility index (Phi) is 6.64. The van der Waals surface area contributed by atoms with Gasteiger partial charge in [0.1, 0.15) is 11.9 Å². The quantitative estimate of drug-likeness (QED) is 0.353. The van der Waals surface area contributed by atoms with E-state index in [9.17, 15) is 18.8 Å². The molecular formula is C25H27FN6O5. The van der Waals surface area contributed by atoms with E-state index in [0.29, 0.717) is 38.0 Å². The summed E-state index contributed by atoms with van der Waals surface area (Å²) in [6.07, 6.45) is 0.890. The molecule has 12 heteroatoms. The molecule has 2 N–H and O–H groups in total. The lowest BCUT2D eigenvalue weighted by atomic mass is 9.94. The fourth-order valence-corrected chi connectivity index (χ4v) is 4.65. The number of aryl methyl sites for hydroxylation is 1. The molecule has 0 radical (unpaired) electrons.